The molecule has 0 atom stereocenters. The lowest BCUT2D eigenvalue weighted by Gasteiger charge is -1.93. The smallest absolute Gasteiger partial charge is 0.0195 e. The maximum Gasteiger partial charge on any atom is 0.0195 e. The summed E-state index contributed by atoms with van der Waals surface area (Å²) in [4.78, 5) is 0. The van der Waals surface area contributed by atoms with Gasteiger partial charge in [-0.05, 0) is 6.54 Å². The van der Waals surface area contributed by atoms with Crippen LogP contribution in [-0.2, 0) is 0 Å². The van der Waals surface area contributed by atoms with E-state index in [0.29, 0.717) is 0 Å². The normalized spacial score (nSPS) is 8.82. The van der Waals surface area contributed by atoms with Crippen LogP contribution < -0.4 is 16.8 Å². The zero-order valence-electron chi connectivity index (χ0n) is 11.0. The molecule has 3 nitrogen and oxygen atoms in total. The molecule has 0 amide bonds. The highest BCUT2D eigenvalue weighted by Gasteiger charge is 1.84. The van der Waals surface area contributed by atoms with Gasteiger partial charge in [-0.25, -0.2) is 0 Å². The molecule has 0 fully saturated rings. The molecule has 0 aliphatic rings. The molecule has 0 spiro atoms. The van der Waals surface area contributed by atoms with Gasteiger partial charge in [-0.2, -0.15) is 12.6 Å². The summed E-state index contributed by atoms with van der Waals surface area (Å²) in [5, 5.41) is 3.12. The second-order valence-electron chi connectivity index (χ2n) is 2.57. The van der Waals surface area contributed by atoms with E-state index in [0.717, 1.165) is 49.3 Å². The standard InChI is InChI=1S/C4H12N2S2.C4H11NS.C2H5Cl/c5-1-3-7-8-4-2-6;1-2-5-3-4-6;1-2-3/h1-6H2;5-6H,2-4H2,1H3;2H2,1H3. The lowest BCUT2D eigenvalue weighted by atomic mass is 10.7. The fraction of sp³-hybridized carbons (Fsp3) is 1.00. The Labute approximate surface area is 125 Å². The largest absolute Gasteiger partial charge is 0.330 e. The Balaban J connectivity index is -0.000000193. The Kier molecular flexibility index (Phi) is 41.6. The maximum absolute atomic E-state index is 5.25. The van der Waals surface area contributed by atoms with Crippen molar-refractivity contribution >= 4 is 45.8 Å². The third-order valence-corrected chi connectivity index (χ3v) is 3.72. The molecule has 0 radical (unpaired) electrons. The number of hydrogen-bond acceptors (Lipinski definition) is 6. The number of rotatable bonds is 8. The highest BCUT2D eigenvalue weighted by molar-refractivity contribution is 8.76. The van der Waals surface area contributed by atoms with E-state index in [1.807, 2.05) is 6.92 Å². The van der Waals surface area contributed by atoms with E-state index >= 15 is 0 Å². The van der Waals surface area contributed by atoms with Crippen LogP contribution in [-0.4, -0.2) is 49.3 Å². The molecule has 7 heteroatoms. The van der Waals surface area contributed by atoms with Gasteiger partial charge < -0.3 is 16.8 Å². The Hall–Kier alpha value is 1.22. The lowest BCUT2D eigenvalue weighted by Crippen LogP contribution is -2.14. The Morgan fingerprint density at radius 2 is 1.53 bits per heavy atom. The molecule has 0 rings (SSSR count). The van der Waals surface area contributed by atoms with Gasteiger partial charge in [-0.1, -0.05) is 35.4 Å². The van der Waals surface area contributed by atoms with Crippen LogP contribution >= 0.6 is 45.8 Å². The van der Waals surface area contributed by atoms with Crippen LogP contribution in [0.15, 0.2) is 0 Å². The van der Waals surface area contributed by atoms with Gasteiger partial charge in [-0.15, -0.1) is 11.6 Å². The Bertz CT molecular complexity index is 92.9. The number of nitrogens with two attached hydrogens (primary N) is 2. The molecule has 0 unspecified atom stereocenters. The Morgan fingerprint density at radius 3 is 1.71 bits per heavy atom. The number of nitrogens with one attached hydrogen (secondary N) is 1. The molecule has 0 aromatic carbocycles. The first-order valence-electron chi connectivity index (χ1n) is 5.77. The van der Waals surface area contributed by atoms with Crippen LogP contribution in [0, 0.1) is 0 Å². The van der Waals surface area contributed by atoms with Gasteiger partial charge >= 0.3 is 0 Å². The zero-order valence-corrected chi connectivity index (χ0v) is 14.2. The fourth-order valence-corrected chi connectivity index (χ4v) is 2.34. The van der Waals surface area contributed by atoms with Crippen LogP contribution in [0.2, 0.25) is 0 Å². The molecule has 0 saturated heterocycles. The topological polar surface area (TPSA) is 64.1 Å². The van der Waals surface area contributed by atoms with Crippen LogP contribution in [0.3, 0.4) is 0 Å². The molecule has 0 aliphatic heterocycles. The van der Waals surface area contributed by atoms with Gasteiger partial charge in [-0.3, -0.25) is 0 Å². The first-order valence-corrected chi connectivity index (χ1v) is 9.42. The highest BCUT2D eigenvalue weighted by Crippen LogP contribution is 2.18. The van der Waals surface area contributed by atoms with Gasteiger partial charge in [0.2, 0.25) is 0 Å². The van der Waals surface area contributed by atoms with Gasteiger partial charge in [0, 0.05) is 42.8 Å². The van der Waals surface area contributed by atoms with Crippen molar-refractivity contribution in [1.29, 1.82) is 0 Å². The molecule has 0 aromatic heterocycles. The second kappa shape index (κ2) is 30.3. The minimum atomic E-state index is 0.722. The average Bonchev–Trinajstić information content (AvgIpc) is 2.34. The summed E-state index contributed by atoms with van der Waals surface area (Å²) < 4.78 is 0. The predicted molar refractivity (Wildman–Crippen MR) is 91.8 cm³/mol. The van der Waals surface area contributed by atoms with Gasteiger partial charge in [0.15, 0.2) is 0 Å². The van der Waals surface area contributed by atoms with E-state index in [2.05, 4.69) is 24.9 Å². The maximum atomic E-state index is 5.25. The molecular formula is C10H28ClN3S3. The van der Waals surface area contributed by atoms with Crippen molar-refractivity contribution < 1.29 is 0 Å². The van der Waals surface area contributed by atoms with Crippen molar-refractivity contribution in [3.05, 3.63) is 0 Å². The van der Waals surface area contributed by atoms with E-state index in [1.165, 1.54) is 0 Å². The first-order chi connectivity index (χ1) is 8.24. The first kappa shape index (κ1) is 23.3. The molecule has 0 aromatic rings. The fourth-order valence-electron chi connectivity index (χ4n) is 0.470. The molecule has 108 valence electrons. The minimum Gasteiger partial charge on any atom is -0.330 e. The SMILES string of the molecule is CCCl.CCNCCS.NCCSSCCN. The number of halogens is 1. The van der Waals surface area contributed by atoms with Crippen LogP contribution in [0.4, 0.5) is 0 Å². The van der Waals surface area contributed by atoms with E-state index in [1.54, 1.807) is 21.6 Å². The number of alkyl halides is 1. The van der Waals surface area contributed by atoms with Crippen LogP contribution in [0.1, 0.15) is 13.8 Å². The van der Waals surface area contributed by atoms with Crippen molar-refractivity contribution in [2.24, 2.45) is 11.5 Å². The van der Waals surface area contributed by atoms with Gasteiger partial charge in [0.05, 0.1) is 0 Å². The summed E-state index contributed by atoms with van der Waals surface area (Å²) in [6.07, 6.45) is 0. The molecule has 5 N–H and O–H groups in total. The predicted octanol–water partition coefficient (Wildman–Crippen LogP) is 2.06. The molecule has 0 bridgehead atoms. The molecule has 17 heavy (non-hydrogen) atoms. The van der Waals surface area contributed by atoms with Crippen LogP contribution in [0.25, 0.3) is 0 Å². The summed E-state index contributed by atoms with van der Waals surface area (Å²) in [5.41, 5.74) is 10.5. The zero-order chi connectivity index (χ0) is 13.8. The third-order valence-electron chi connectivity index (χ3n) is 1.02. The summed E-state index contributed by atoms with van der Waals surface area (Å²) >= 11 is 8.99. The molecule has 0 heterocycles. The van der Waals surface area contributed by atoms with Crippen LogP contribution in [0.5, 0.6) is 0 Å². The molecule has 0 aliphatic carbocycles. The molecular weight excluding hydrogens is 294 g/mol. The average molecular weight is 322 g/mol. The summed E-state index contributed by atoms with van der Waals surface area (Å²) in [6, 6.07) is 0. The van der Waals surface area contributed by atoms with Crippen molar-refractivity contribution in [3.8, 4) is 0 Å². The molecule has 0 saturated carbocycles. The lowest BCUT2D eigenvalue weighted by molar-refractivity contribution is 0.769. The van der Waals surface area contributed by atoms with Crippen molar-refractivity contribution in [2.45, 2.75) is 13.8 Å². The summed E-state index contributed by atoms with van der Waals surface area (Å²) in [5.74, 6) is 3.73. The highest BCUT2D eigenvalue weighted by atomic mass is 35.5. The third kappa shape index (κ3) is 46.9. The van der Waals surface area contributed by atoms with Crippen molar-refractivity contribution in [2.75, 3.05) is 49.3 Å². The van der Waals surface area contributed by atoms with Gasteiger partial charge in [0.1, 0.15) is 0 Å². The van der Waals surface area contributed by atoms with Crippen molar-refractivity contribution in [1.82, 2.24) is 5.32 Å². The summed E-state index contributed by atoms with van der Waals surface area (Å²) in [6.45, 7) is 7.59. The van der Waals surface area contributed by atoms with E-state index in [9.17, 15) is 0 Å². The Morgan fingerprint density at radius 1 is 1.12 bits per heavy atom. The number of thiol groups is 1. The number of hydrogen-bond donors (Lipinski definition) is 4. The van der Waals surface area contributed by atoms with Crippen molar-refractivity contribution in [3.63, 3.8) is 0 Å². The second-order valence-corrected chi connectivity index (χ2v) is 6.25. The minimum absolute atomic E-state index is 0.722. The van der Waals surface area contributed by atoms with Gasteiger partial charge in [0.25, 0.3) is 0 Å². The van der Waals surface area contributed by atoms with E-state index < -0.39 is 0 Å². The summed E-state index contributed by atoms with van der Waals surface area (Å²) in [7, 11) is 3.58. The quantitative estimate of drug-likeness (QED) is 0.238. The van der Waals surface area contributed by atoms with E-state index in [-0.39, 0.29) is 0 Å². The van der Waals surface area contributed by atoms with E-state index in [4.69, 9.17) is 23.1 Å². The monoisotopic (exact) mass is 321 g/mol.